The van der Waals surface area contributed by atoms with Gasteiger partial charge in [0, 0.05) is 22.8 Å². The monoisotopic (exact) mass is 217 g/mol. The molecular formula is C16H11N. The fourth-order valence-electron chi connectivity index (χ4n) is 1.79. The van der Waals surface area contributed by atoms with E-state index in [1.807, 2.05) is 42.6 Å². The summed E-state index contributed by atoms with van der Waals surface area (Å²) < 4.78 is 0. The average Bonchev–Trinajstić information content (AvgIpc) is 2.85. The van der Waals surface area contributed by atoms with Gasteiger partial charge < -0.3 is 4.98 Å². The quantitative estimate of drug-likeness (QED) is 0.554. The van der Waals surface area contributed by atoms with Gasteiger partial charge in [0.05, 0.1) is 0 Å². The maximum absolute atomic E-state index is 3.19. The summed E-state index contributed by atoms with van der Waals surface area (Å²) in [7, 11) is 0. The van der Waals surface area contributed by atoms with Crippen molar-refractivity contribution in [1.29, 1.82) is 0 Å². The first-order valence-electron chi connectivity index (χ1n) is 5.56. The number of aromatic amines is 1. The Balaban J connectivity index is 1.97. The van der Waals surface area contributed by atoms with E-state index in [1.54, 1.807) is 0 Å². The molecule has 0 radical (unpaired) electrons. The van der Waals surface area contributed by atoms with Gasteiger partial charge in [-0.05, 0) is 35.7 Å². The molecule has 17 heavy (non-hydrogen) atoms. The van der Waals surface area contributed by atoms with E-state index in [1.165, 1.54) is 5.39 Å². The van der Waals surface area contributed by atoms with Gasteiger partial charge in [0.1, 0.15) is 0 Å². The van der Waals surface area contributed by atoms with Crippen LogP contribution in [0.15, 0.2) is 60.8 Å². The van der Waals surface area contributed by atoms with Crippen molar-refractivity contribution in [1.82, 2.24) is 4.98 Å². The molecule has 0 spiro atoms. The van der Waals surface area contributed by atoms with E-state index < -0.39 is 0 Å². The van der Waals surface area contributed by atoms with Gasteiger partial charge in [-0.25, -0.2) is 0 Å². The van der Waals surface area contributed by atoms with Gasteiger partial charge in [-0.3, -0.25) is 0 Å². The minimum atomic E-state index is 1.03. The van der Waals surface area contributed by atoms with Crippen LogP contribution in [0.1, 0.15) is 11.1 Å². The van der Waals surface area contributed by atoms with Crippen molar-refractivity contribution in [3.63, 3.8) is 0 Å². The summed E-state index contributed by atoms with van der Waals surface area (Å²) in [5, 5.41) is 1.22. The lowest BCUT2D eigenvalue weighted by molar-refractivity contribution is 1.47. The number of rotatable bonds is 0. The number of hydrogen-bond donors (Lipinski definition) is 1. The van der Waals surface area contributed by atoms with Gasteiger partial charge in [0.2, 0.25) is 0 Å². The molecule has 0 aliphatic carbocycles. The van der Waals surface area contributed by atoms with E-state index in [4.69, 9.17) is 0 Å². The highest BCUT2D eigenvalue weighted by Crippen LogP contribution is 2.13. The van der Waals surface area contributed by atoms with E-state index in [-0.39, 0.29) is 0 Å². The van der Waals surface area contributed by atoms with E-state index >= 15 is 0 Å². The molecule has 0 amide bonds. The predicted molar refractivity (Wildman–Crippen MR) is 70.7 cm³/mol. The van der Waals surface area contributed by atoms with Crippen LogP contribution < -0.4 is 0 Å². The third-order valence-electron chi connectivity index (χ3n) is 2.68. The predicted octanol–water partition coefficient (Wildman–Crippen LogP) is 3.57. The van der Waals surface area contributed by atoms with Crippen LogP contribution in [-0.2, 0) is 0 Å². The SMILES string of the molecule is C(#Cc1ccc2cc[nH]c2c1)c1ccccc1. The van der Waals surface area contributed by atoms with Crippen molar-refractivity contribution in [3.8, 4) is 11.8 Å². The highest BCUT2D eigenvalue weighted by molar-refractivity contribution is 5.80. The van der Waals surface area contributed by atoms with Gasteiger partial charge >= 0.3 is 0 Å². The molecule has 3 rings (SSSR count). The molecule has 3 aromatic rings. The van der Waals surface area contributed by atoms with Crippen molar-refractivity contribution < 1.29 is 0 Å². The Kier molecular flexibility index (Phi) is 2.40. The molecule has 1 nitrogen and oxygen atoms in total. The Morgan fingerprint density at radius 1 is 0.765 bits per heavy atom. The topological polar surface area (TPSA) is 15.8 Å². The Bertz CT molecular complexity index is 696. The lowest BCUT2D eigenvalue weighted by Crippen LogP contribution is -1.76. The normalized spacial score (nSPS) is 9.88. The minimum Gasteiger partial charge on any atom is -0.361 e. The van der Waals surface area contributed by atoms with Gasteiger partial charge in [-0.15, -0.1) is 0 Å². The van der Waals surface area contributed by atoms with E-state index in [9.17, 15) is 0 Å². The summed E-state index contributed by atoms with van der Waals surface area (Å²) in [6, 6.07) is 18.3. The van der Waals surface area contributed by atoms with E-state index in [0.717, 1.165) is 16.6 Å². The molecule has 80 valence electrons. The molecule has 0 fully saturated rings. The molecule has 0 aliphatic rings. The molecule has 0 saturated heterocycles. The highest BCUT2D eigenvalue weighted by atomic mass is 14.7. The zero-order chi connectivity index (χ0) is 11.5. The fraction of sp³-hybridized carbons (Fsp3) is 0. The number of nitrogens with one attached hydrogen (secondary N) is 1. The molecule has 1 N–H and O–H groups in total. The number of hydrogen-bond acceptors (Lipinski definition) is 0. The Morgan fingerprint density at radius 2 is 1.59 bits per heavy atom. The largest absolute Gasteiger partial charge is 0.361 e. The van der Waals surface area contributed by atoms with Crippen LogP contribution in [0.4, 0.5) is 0 Å². The third kappa shape index (κ3) is 2.07. The maximum Gasteiger partial charge on any atom is 0.0466 e. The molecule has 1 aromatic heterocycles. The molecule has 0 unspecified atom stereocenters. The van der Waals surface area contributed by atoms with Crippen molar-refractivity contribution >= 4 is 10.9 Å². The molecule has 2 aromatic carbocycles. The zero-order valence-corrected chi connectivity index (χ0v) is 9.27. The van der Waals surface area contributed by atoms with Crippen LogP contribution in [0.5, 0.6) is 0 Å². The number of aromatic nitrogens is 1. The van der Waals surface area contributed by atoms with Gasteiger partial charge in [-0.1, -0.05) is 36.1 Å². The summed E-state index contributed by atoms with van der Waals surface area (Å²) in [6.07, 6.45) is 1.94. The summed E-state index contributed by atoms with van der Waals surface area (Å²) in [4.78, 5) is 3.19. The third-order valence-corrected chi connectivity index (χ3v) is 2.68. The molecule has 0 bridgehead atoms. The van der Waals surface area contributed by atoms with Gasteiger partial charge in [-0.2, -0.15) is 0 Å². The van der Waals surface area contributed by atoms with Gasteiger partial charge in [0.25, 0.3) is 0 Å². The highest BCUT2D eigenvalue weighted by Gasteiger charge is 1.94. The lowest BCUT2D eigenvalue weighted by Gasteiger charge is -1.92. The van der Waals surface area contributed by atoms with Crippen LogP contribution >= 0.6 is 0 Å². The molecule has 0 saturated carbocycles. The van der Waals surface area contributed by atoms with Gasteiger partial charge in [0.15, 0.2) is 0 Å². The van der Waals surface area contributed by atoms with E-state index in [0.29, 0.717) is 0 Å². The molecule has 0 atom stereocenters. The first-order chi connectivity index (χ1) is 8.42. The van der Waals surface area contributed by atoms with Crippen molar-refractivity contribution in [3.05, 3.63) is 71.9 Å². The second kappa shape index (κ2) is 4.19. The van der Waals surface area contributed by atoms with Crippen molar-refractivity contribution in [2.24, 2.45) is 0 Å². The van der Waals surface area contributed by atoms with Crippen molar-refractivity contribution in [2.45, 2.75) is 0 Å². The van der Waals surface area contributed by atoms with Crippen molar-refractivity contribution in [2.75, 3.05) is 0 Å². The van der Waals surface area contributed by atoms with Crippen LogP contribution in [-0.4, -0.2) is 4.98 Å². The fourth-order valence-corrected chi connectivity index (χ4v) is 1.79. The minimum absolute atomic E-state index is 1.03. The maximum atomic E-state index is 3.19. The smallest absolute Gasteiger partial charge is 0.0466 e. The Labute approximate surface area is 100 Å². The van der Waals surface area contributed by atoms with Crippen LogP contribution in [0.25, 0.3) is 10.9 Å². The summed E-state index contributed by atoms with van der Waals surface area (Å²) in [5.74, 6) is 6.33. The molecular weight excluding hydrogens is 206 g/mol. The zero-order valence-electron chi connectivity index (χ0n) is 9.27. The van der Waals surface area contributed by atoms with E-state index in [2.05, 4.69) is 35.0 Å². The standard InChI is InChI=1S/C16H11N/c1-2-4-13(5-3-1)6-7-14-8-9-15-10-11-17-16(15)12-14/h1-5,8-12,17H. The number of fused-ring (bicyclic) bond motifs is 1. The average molecular weight is 217 g/mol. The number of H-pyrrole nitrogens is 1. The summed E-state index contributed by atoms with van der Waals surface area (Å²) >= 11 is 0. The summed E-state index contributed by atoms with van der Waals surface area (Å²) in [6.45, 7) is 0. The molecule has 1 heterocycles. The lowest BCUT2D eigenvalue weighted by atomic mass is 10.1. The van der Waals surface area contributed by atoms with Crippen LogP contribution in [0.2, 0.25) is 0 Å². The second-order valence-electron chi connectivity index (χ2n) is 3.90. The summed E-state index contributed by atoms with van der Waals surface area (Å²) in [5.41, 5.74) is 3.20. The molecule has 1 heteroatoms. The number of benzene rings is 2. The first-order valence-corrected chi connectivity index (χ1v) is 5.56. The first kappa shape index (κ1) is 9.74. The Morgan fingerprint density at radius 3 is 2.47 bits per heavy atom. The second-order valence-corrected chi connectivity index (χ2v) is 3.90. The van der Waals surface area contributed by atoms with Crippen LogP contribution in [0, 0.1) is 11.8 Å². The Hall–Kier alpha value is -2.46. The molecule has 0 aliphatic heterocycles. The van der Waals surface area contributed by atoms with Crippen LogP contribution in [0.3, 0.4) is 0 Å².